The van der Waals surface area contributed by atoms with E-state index in [1.165, 1.54) is 26.8 Å². The zero-order valence-corrected chi connectivity index (χ0v) is 13.1. The van der Waals surface area contributed by atoms with Crippen molar-refractivity contribution in [3.05, 3.63) is 38.8 Å². The molecule has 2 heterocycles. The predicted molar refractivity (Wildman–Crippen MR) is 84.5 cm³/mol. The normalized spacial score (nSPS) is 13.1. The summed E-state index contributed by atoms with van der Waals surface area (Å²) in [6, 6.07) is 2.65. The van der Waals surface area contributed by atoms with Crippen LogP contribution in [0.5, 0.6) is 5.75 Å². The van der Waals surface area contributed by atoms with Crippen molar-refractivity contribution in [2.45, 2.75) is 39.2 Å². The average Bonchev–Trinajstić information content (AvgIpc) is 2.98. The molecule has 3 rings (SSSR count). The summed E-state index contributed by atoms with van der Waals surface area (Å²) in [6.45, 7) is 2.01. The second-order valence-electron chi connectivity index (χ2n) is 5.39. The third-order valence-corrected chi connectivity index (χ3v) is 4.80. The molecule has 2 aromatic heterocycles. The number of hydrogen-bond acceptors (Lipinski definition) is 5. The van der Waals surface area contributed by atoms with E-state index in [0.29, 0.717) is 10.8 Å². The number of carbonyl (C=O) groups is 1. The Kier molecular flexibility index (Phi) is 3.98. The van der Waals surface area contributed by atoms with Gasteiger partial charge in [0.2, 0.25) is 5.91 Å². The van der Waals surface area contributed by atoms with Gasteiger partial charge in [0.1, 0.15) is 5.75 Å². The van der Waals surface area contributed by atoms with Crippen LogP contribution in [0.25, 0.3) is 0 Å². The summed E-state index contributed by atoms with van der Waals surface area (Å²) in [6.07, 6.45) is 3.37. The van der Waals surface area contributed by atoms with Gasteiger partial charge in [-0.05, 0) is 32.3 Å². The van der Waals surface area contributed by atoms with E-state index in [4.69, 9.17) is 0 Å². The predicted octanol–water partition coefficient (Wildman–Crippen LogP) is 1.84. The van der Waals surface area contributed by atoms with Gasteiger partial charge in [-0.25, -0.2) is 4.98 Å². The lowest BCUT2D eigenvalue weighted by molar-refractivity contribution is -0.116. The fourth-order valence-electron chi connectivity index (χ4n) is 2.64. The highest BCUT2D eigenvalue weighted by Gasteiger charge is 2.17. The molecule has 2 N–H and O–H groups in total. The molecular weight excluding hydrogens is 302 g/mol. The quantitative estimate of drug-likeness (QED) is 0.900. The summed E-state index contributed by atoms with van der Waals surface area (Å²) in [5.74, 6) is -0.215. The first-order chi connectivity index (χ1) is 10.5. The van der Waals surface area contributed by atoms with E-state index >= 15 is 0 Å². The van der Waals surface area contributed by atoms with Crippen LogP contribution in [0.3, 0.4) is 0 Å². The van der Waals surface area contributed by atoms with Crippen LogP contribution in [0, 0.1) is 6.92 Å². The zero-order chi connectivity index (χ0) is 15.7. The molecule has 0 saturated carbocycles. The maximum Gasteiger partial charge on any atom is 0.254 e. The molecule has 22 heavy (non-hydrogen) atoms. The SMILES string of the molecule is Cc1cc(O)cc(=O)n1CCC(=O)Nc1nc2c(s1)CCC2. The standard InChI is InChI=1S/C15H17N3O3S/c1-9-7-10(19)8-14(21)18(9)6-5-13(20)17-15-16-11-3-2-4-12(11)22-15/h7-8,19H,2-6H2,1H3,(H,16,17,20). The molecule has 0 atom stereocenters. The Balaban J connectivity index is 1.61. The van der Waals surface area contributed by atoms with Gasteiger partial charge in [0, 0.05) is 29.6 Å². The smallest absolute Gasteiger partial charge is 0.254 e. The Labute approximate surface area is 131 Å². The van der Waals surface area contributed by atoms with Gasteiger partial charge in [-0.3, -0.25) is 9.59 Å². The first-order valence-electron chi connectivity index (χ1n) is 7.22. The number of nitrogens with one attached hydrogen (secondary N) is 1. The second-order valence-corrected chi connectivity index (χ2v) is 6.47. The van der Waals surface area contributed by atoms with E-state index < -0.39 is 0 Å². The minimum absolute atomic E-state index is 0.0551. The molecule has 1 aliphatic carbocycles. The van der Waals surface area contributed by atoms with E-state index in [1.807, 2.05) is 0 Å². The molecule has 0 aliphatic heterocycles. The van der Waals surface area contributed by atoms with E-state index in [1.54, 1.807) is 6.92 Å². The van der Waals surface area contributed by atoms with Gasteiger partial charge in [-0.2, -0.15) is 0 Å². The third kappa shape index (κ3) is 3.04. The summed E-state index contributed by atoms with van der Waals surface area (Å²) >= 11 is 1.54. The molecule has 7 heteroatoms. The van der Waals surface area contributed by atoms with Crippen molar-refractivity contribution < 1.29 is 9.90 Å². The van der Waals surface area contributed by atoms with Crippen LogP contribution in [0.15, 0.2) is 16.9 Å². The Morgan fingerprint density at radius 3 is 3.00 bits per heavy atom. The van der Waals surface area contributed by atoms with Gasteiger partial charge in [-0.15, -0.1) is 11.3 Å². The highest BCUT2D eigenvalue weighted by atomic mass is 32.1. The Morgan fingerprint density at radius 1 is 1.45 bits per heavy atom. The van der Waals surface area contributed by atoms with Crippen LogP contribution >= 0.6 is 11.3 Å². The Hall–Kier alpha value is -2.15. The summed E-state index contributed by atoms with van der Waals surface area (Å²) in [5.41, 5.74) is 1.43. The zero-order valence-electron chi connectivity index (χ0n) is 12.3. The monoisotopic (exact) mass is 319 g/mol. The molecule has 6 nitrogen and oxygen atoms in total. The Morgan fingerprint density at radius 2 is 2.27 bits per heavy atom. The first kappa shape index (κ1) is 14.8. The number of amides is 1. The maximum absolute atomic E-state index is 12.0. The molecule has 0 bridgehead atoms. The number of fused-ring (bicyclic) bond motifs is 1. The number of aryl methyl sites for hydroxylation is 3. The average molecular weight is 319 g/mol. The molecular formula is C15H17N3O3S. The fraction of sp³-hybridized carbons (Fsp3) is 0.400. The minimum atomic E-state index is -0.307. The van der Waals surface area contributed by atoms with Crippen LogP contribution in [-0.2, 0) is 24.2 Å². The largest absolute Gasteiger partial charge is 0.508 e. The van der Waals surface area contributed by atoms with Crippen molar-refractivity contribution in [2.24, 2.45) is 0 Å². The van der Waals surface area contributed by atoms with Gasteiger partial charge in [0.25, 0.3) is 5.56 Å². The fourth-order valence-corrected chi connectivity index (χ4v) is 3.70. The molecule has 0 unspecified atom stereocenters. The lowest BCUT2D eigenvalue weighted by Gasteiger charge is -2.09. The van der Waals surface area contributed by atoms with Crippen LogP contribution in [0.2, 0.25) is 0 Å². The van der Waals surface area contributed by atoms with Gasteiger partial charge in [0.05, 0.1) is 5.69 Å². The van der Waals surface area contributed by atoms with Crippen molar-refractivity contribution in [3.8, 4) is 5.75 Å². The van der Waals surface area contributed by atoms with Crippen molar-refractivity contribution in [2.75, 3.05) is 5.32 Å². The molecule has 2 aromatic rings. The molecule has 116 valence electrons. The molecule has 0 aromatic carbocycles. The van der Waals surface area contributed by atoms with Crippen molar-refractivity contribution in [3.63, 3.8) is 0 Å². The minimum Gasteiger partial charge on any atom is -0.508 e. The number of aromatic hydroxyl groups is 1. The lowest BCUT2D eigenvalue weighted by atomic mass is 10.3. The summed E-state index contributed by atoms with van der Waals surface area (Å²) < 4.78 is 1.47. The van der Waals surface area contributed by atoms with Gasteiger partial charge >= 0.3 is 0 Å². The molecule has 0 radical (unpaired) electrons. The second kappa shape index (κ2) is 5.92. The van der Waals surface area contributed by atoms with Crippen LogP contribution < -0.4 is 10.9 Å². The molecule has 1 amide bonds. The number of nitrogens with zero attached hydrogens (tertiary/aromatic N) is 2. The summed E-state index contributed by atoms with van der Waals surface area (Å²) in [7, 11) is 0. The molecule has 0 spiro atoms. The molecule has 0 fully saturated rings. The highest BCUT2D eigenvalue weighted by Crippen LogP contribution is 2.30. The number of carbonyl (C=O) groups excluding carboxylic acids is 1. The number of thiazole rings is 1. The summed E-state index contributed by atoms with van der Waals surface area (Å²) in [4.78, 5) is 29.5. The first-order valence-corrected chi connectivity index (χ1v) is 8.03. The van der Waals surface area contributed by atoms with Gasteiger partial charge in [0.15, 0.2) is 5.13 Å². The number of anilines is 1. The molecule has 1 aliphatic rings. The number of rotatable bonds is 4. The maximum atomic E-state index is 12.0. The van der Waals surface area contributed by atoms with Crippen molar-refractivity contribution in [1.29, 1.82) is 0 Å². The van der Waals surface area contributed by atoms with E-state index in [9.17, 15) is 14.7 Å². The number of pyridine rings is 1. The Bertz CT molecular complexity index is 757. The van der Waals surface area contributed by atoms with E-state index in [2.05, 4.69) is 10.3 Å². The van der Waals surface area contributed by atoms with E-state index in [0.717, 1.165) is 31.0 Å². The summed E-state index contributed by atoms with van der Waals surface area (Å²) in [5, 5.41) is 12.8. The van der Waals surface area contributed by atoms with Crippen LogP contribution in [0.4, 0.5) is 5.13 Å². The van der Waals surface area contributed by atoms with Crippen LogP contribution in [-0.4, -0.2) is 20.6 Å². The van der Waals surface area contributed by atoms with Crippen molar-refractivity contribution in [1.82, 2.24) is 9.55 Å². The van der Waals surface area contributed by atoms with Crippen molar-refractivity contribution >= 4 is 22.4 Å². The number of hydrogen-bond donors (Lipinski definition) is 2. The third-order valence-electron chi connectivity index (χ3n) is 3.72. The molecule has 0 saturated heterocycles. The van der Waals surface area contributed by atoms with Gasteiger partial charge in [-0.1, -0.05) is 0 Å². The topological polar surface area (TPSA) is 84.2 Å². The van der Waals surface area contributed by atoms with Crippen LogP contribution in [0.1, 0.15) is 29.1 Å². The number of aromatic nitrogens is 2. The van der Waals surface area contributed by atoms with E-state index in [-0.39, 0.29) is 30.2 Å². The van der Waals surface area contributed by atoms with Gasteiger partial charge < -0.3 is 15.0 Å². The lowest BCUT2D eigenvalue weighted by Crippen LogP contribution is -2.24. The highest BCUT2D eigenvalue weighted by molar-refractivity contribution is 7.15.